The van der Waals surface area contributed by atoms with E-state index >= 15 is 0 Å². The van der Waals surface area contributed by atoms with E-state index in [4.69, 9.17) is 19.7 Å². The van der Waals surface area contributed by atoms with Gasteiger partial charge in [0.2, 0.25) is 0 Å². The summed E-state index contributed by atoms with van der Waals surface area (Å²) in [7, 11) is 0. The highest BCUT2D eigenvalue weighted by Gasteiger charge is 2.12. The van der Waals surface area contributed by atoms with Gasteiger partial charge < -0.3 is 19.7 Å². The number of allylic oxidation sites excluding steroid dienone is 1. The number of non-ortho nitro benzene ring substituents is 1. The molecule has 0 bridgehead atoms. The third kappa shape index (κ3) is 9.41. The highest BCUT2D eigenvalue weighted by molar-refractivity contribution is 5.51. The van der Waals surface area contributed by atoms with Crippen LogP contribution < -0.4 is 0 Å². The van der Waals surface area contributed by atoms with Crippen LogP contribution in [0.1, 0.15) is 45.1 Å². The van der Waals surface area contributed by atoms with Gasteiger partial charge in [-0.3, -0.25) is 10.1 Å². The molecule has 0 aromatic heterocycles. The van der Waals surface area contributed by atoms with E-state index in [0.717, 1.165) is 31.2 Å². The molecule has 2 unspecified atom stereocenters. The van der Waals surface area contributed by atoms with Crippen molar-refractivity contribution in [2.45, 2.75) is 51.7 Å². The fourth-order valence-electron chi connectivity index (χ4n) is 2.68. The highest BCUT2D eigenvalue weighted by Crippen LogP contribution is 2.17. The number of hydrogen-bond donors (Lipinski definition) is 2. The van der Waals surface area contributed by atoms with Crippen LogP contribution in [-0.2, 0) is 9.47 Å². The second-order valence-corrected chi connectivity index (χ2v) is 6.74. The van der Waals surface area contributed by atoms with Crippen LogP contribution in [0, 0.1) is 16.0 Å². The van der Waals surface area contributed by atoms with Crippen LogP contribution in [0.2, 0.25) is 0 Å². The lowest BCUT2D eigenvalue weighted by Crippen LogP contribution is -2.28. The Morgan fingerprint density at radius 1 is 1.07 bits per heavy atom. The first kappa shape index (κ1) is 24.2. The van der Waals surface area contributed by atoms with E-state index in [9.17, 15) is 10.1 Å². The van der Waals surface area contributed by atoms with Crippen molar-refractivity contribution in [2.75, 3.05) is 26.4 Å². The standard InChI is InChI=1S/C21H33NO6/c1-3-17(7-8-18-9-11-19(12-10-18)22(25)26)6-5-13-27-20(4-2)16-28-21(14-23)15-24/h7-12,17,20-21,23-24H,3-6,13-16H2,1-2H3/b8-7+. The normalized spacial score (nSPS) is 13.9. The SMILES string of the molecule is CCC(/C=C/c1ccc([N+](=O)[O-])cc1)CCCOC(CC)COC(CO)CO. The quantitative estimate of drug-likeness (QED) is 0.267. The lowest BCUT2D eigenvalue weighted by atomic mass is 9.99. The predicted octanol–water partition coefficient (Wildman–Crippen LogP) is 3.58. The van der Waals surface area contributed by atoms with Crippen molar-refractivity contribution in [1.29, 1.82) is 0 Å². The average molecular weight is 395 g/mol. The summed E-state index contributed by atoms with van der Waals surface area (Å²) in [4.78, 5) is 10.3. The molecule has 158 valence electrons. The van der Waals surface area contributed by atoms with Crippen molar-refractivity contribution < 1.29 is 24.6 Å². The van der Waals surface area contributed by atoms with E-state index in [-0.39, 0.29) is 25.0 Å². The third-order valence-corrected chi connectivity index (χ3v) is 4.64. The van der Waals surface area contributed by atoms with Crippen LogP contribution >= 0.6 is 0 Å². The molecule has 2 atom stereocenters. The maximum atomic E-state index is 10.7. The number of ether oxygens (including phenoxy) is 2. The summed E-state index contributed by atoms with van der Waals surface area (Å²) in [6.07, 6.45) is 7.29. The van der Waals surface area contributed by atoms with E-state index < -0.39 is 11.0 Å². The summed E-state index contributed by atoms with van der Waals surface area (Å²) in [6, 6.07) is 6.53. The van der Waals surface area contributed by atoms with E-state index in [1.54, 1.807) is 12.1 Å². The topological polar surface area (TPSA) is 102 Å². The van der Waals surface area contributed by atoms with Gasteiger partial charge >= 0.3 is 0 Å². The van der Waals surface area contributed by atoms with Crippen molar-refractivity contribution in [3.8, 4) is 0 Å². The molecule has 28 heavy (non-hydrogen) atoms. The minimum atomic E-state index is -0.549. The fraction of sp³-hybridized carbons (Fsp3) is 0.619. The Morgan fingerprint density at radius 3 is 2.29 bits per heavy atom. The second kappa shape index (κ2) is 14.2. The summed E-state index contributed by atoms with van der Waals surface area (Å²) in [5.41, 5.74) is 1.05. The Bertz CT molecular complexity index is 571. The molecule has 7 nitrogen and oxygen atoms in total. The molecule has 0 aliphatic rings. The van der Waals surface area contributed by atoms with Crippen LogP contribution in [0.4, 0.5) is 5.69 Å². The van der Waals surface area contributed by atoms with Gasteiger partial charge in [-0.15, -0.1) is 0 Å². The van der Waals surface area contributed by atoms with Gasteiger partial charge in [0.25, 0.3) is 5.69 Å². The van der Waals surface area contributed by atoms with Gasteiger partial charge in [0, 0.05) is 18.7 Å². The van der Waals surface area contributed by atoms with Gasteiger partial charge in [0.1, 0.15) is 6.10 Å². The van der Waals surface area contributed by atoms with Gasteiger partial charge in [-0.05, 0) is 49.3 Å². The molecule has 0 spiro atoms. The predicted molar refractivity (Wildman–Crippen MR) is 109 cm³/mol. The summed E-state index contributed by atoms with van der Waals surface area (Å²) in [5.74, 6) is 0.420. The number of nitro benzene ring substituents is 1. The van der Waals surface area contributed by atoms with Gasteiger partial charge in [0.05, 0.1) is 30.8 Å². The summed E-state index contributed by atoms with van der Waals surface area (Å²) >= 11 is 0. The highest BCUT2D eigenvalue weighted by atomic mass is 16.6. The number of aliphatic hydroxyl groups is 2. The van der Waals surface area contributed by atoms with E-state index in [1.165, 1.54) is 12.1 Å². The molecule has 0 radical (unpaired) electrons. The van der Waals surface area contributed by atoms with Crippen molar-refractivity contribution in [1.82, 2.24) is 0 Å². The Hall–Kier alpha value is -1.80. The Balaban J connectivity index is 2.35. The first-order valence-electron chi connectivity index (χ1n) is 9.91. The lowest BCUT2D eigenvalue weighted by Gasteiger charge is -2.20. The molecule has 1 rings (SSSR count). The molecule has 0 fully saturated rings. The molecular formula is C21H33NO6. The van der Waals surface area contributed by atoms with Crippen LogP contribution in [0.5, 0.6) is 0 Å². The Morgan fingerprint density at radius 2 is 1.75 bits per heavy atom. The molecule has 0 aliphatic carbocycles. The van der Waals surface area contributed by atoms with Crippen molar-refractivity contribution in [3.63, 3.8) is 0 Å². The smallest absolute Gasteiger partial charge is 0.269 e. The number of rotatable bonds is 15. The molecule has 0 saturated heterocycles. The average Bonchev–Trinajstić information content (AvgIpc) is 2.72. The molecule has 2 N–H and O–H groups in total. The molecule has 1 aromatic rings. The lowest BCUT2D eigenvalue weighted by molar-refractivity contribution is -0.384. The van der Waals surface area contributed by atoms with E-state index in [1.807, 2.05) is 13.0 Å². The Labute approximate surface area is 167 Å². The molecular weight excluding hydrogens is 362 g/mol. The van der Waals surface area contributed by atoms with Crippen molar-refractivity contribution >= 4 is 11.8 Å². The third-order valence-electron chi connectivity index (χ3n) is 4.64. The minimum absolute atomic E-state index is 0.0451. The van der Waals surface area contributed by atoms with Crippen molar-refractivity contribution in [3.05, 3.63) is 46.0 Å². The largest absolute Gasteiger partial charge is 0.394 e. The van der Waals surface area contributed by atoms with E-state index in [2.05, 4.69) is 13.0 Å². The van der Waals surface area contributed by atoms with Crippen LogP contribution in [0.25, 0.3) is 6.08 Å². The summed E-state index contributed by atoms with van der Waals surface area (Å²) in [5, 5.41) is 28.7. The zero-order chi connectivity index (χ0) is 20.8. The second-order valence-electron chi connectivity index (χ2n) is 6.74. The zero-order valence-corrected chi connectivity index (χ0v) is 16.8. The maximum Gasteiger partial charge on any atom is 0.269 e. The molecule has 0 saturated carbocycles. The van der Waals surface area contributed by atoms with Crippen LogP contribution in [-0.4, -0.2) is 53.8 Å². The first-order chi connectivity index (χ1) is 13.5. The number of nitro groups is 1. The van der Waals surface area contributed by atoms with Gasteiger partial charge in [-0.2, -0.15) is 0 Å². The number of hydrogen-bond acceptors (Lipinski definition) is 6. The van der Waals surface area contributed by atoms with Crippen LogP contribution in [0.15, 0.2) is 30.3 Å². The van der Waals surface area contributed by atoms with Gasteiger partial charge in [-0.1, -0.05) is 26.0 Å². The molecule has 7 heteroatoms. The molecule has 0 aliphatic heterocycles. The fourth-order valence-corrected chi connectivity index (χ4v) is 2.68. The number of nitrogens with zero attached hydrogens (tertiary/aromatic N) is 1. The van der Waals surface area contributed by atoms with Crippen LogP contribution in [0.3, 0.4) is 0 Å². The summed E-state index contributed by atoms with van der Waals surface area (Å²) < 4.78 is 11.3. The molecule has 0 amide bonds. The Kier molecular flexibility index (Phi) is 12.3. The van der Waals surface area contributed by atoms with Gasteiger partial charge in [0.15, 0.2) is 0 Å². The van der Waals surface area contributed by atoms with Gasteiger partial charge in [-0.25, -0.2) is 0 Å². The first-order valence-corrected chi connectivity index (χ1v) is 9.91. The monoisotopic (exact) mass is 395 g/mol. The van der Waals surface area contributed by atoms with Crippen molar-refractivity contribution in [2.24, 2.45) is 5.92 Å². The summed E-state index contributed by atoms with van der Waals surface area (Å²) in [6.45, 7) is 4.74. The molecule has 0 heterocycles. The minimum Gasteiger partial charge on any atom is -0.394 e. The molecule has 1 aromatic carbocycles. The van der Waals surface area contributed by atoms with E-state index in [0.29, 0.717) is 19.1 Å². The maximum absolute atomic E-state index is 10.7. The number of benzene rings is 1. The number of aliphatic hydroxyl groups excluding tert-OH is 2. The zero-order valence-electron chi connectivity index (χ0n) is 16.8.